The van der Waals surface area contributed by atoms with Crippen LogP contribution in [0.1, 0.15) is 12.1 Å². The highest BCUT2D eigenvalue weighted by Gasteiger charge is 2.26. The Morgan fingerprint density at radius 3 is 2.85 bits per heavy atom. The zero-order valence-corrected chi connectivity index (χ0v) is 15.5. The van der Waals surface area contributed by atoms with Crippen LogP contribution in [-0.4, -0.2) is 43.9 Å². The number of anilines is 1. The number of aryl methyl sites for hydroxylation is 1. The second-order valence-corrected chi connectivity index (χ2v) is 7.19. The molecule has 0 spiro atoms. The summed E-state index contributed by atoms with van der Waals surface area (Å²) in [5.74, 6) is 1.14. The summed E-state index contributed by atoms with van der Waals surface area (Å²) in [7, 11) is 0. The van der Waals surface area contributed by atoms with Crippen LogP contribution in [0.25, 0.3) is 10.9 Å². The van der Waals surface area contributed by atoms with Crippen molar-refractivity contribution in [3.63, 3.8) is 0 Å². The van der Waals surface area contributed by atoms with Crippen molar-refractivity contribution in [2.45, 2.75) is 30.8 Å². The molecule has 1 aliphatic heterocycles. The molecule has 8 nitrogen and oxygen atoms in total. The third-order valence-corrected chi connectivity index (χ3v) is 5.20. The number of hydrogen-bond donors (Lipinski definition) is 3. The van der Waals surface area contributed by atoms with Gasteiger partial charge in [0.15, 0.2) is 11.4 Å². The van der Waals surface area contributed by atoms with Crippen LogP contribution < -0.4 is 16.0 Å². The molecule has 0 bridgehead atoms. The molecule has 1 amide bonds. The molecule has 1 aromatic carbocycles. The second-order valence-electron chi connectivity index (χ2n) is 6.20. The van der Waals surface area contributed by atoms with Gasteiger partial charge in [-0.25, -0.2) is 19.9 Å². The lowest BCUT2D eigenvalue weighted by Crippen LogP contribution is -2.60. The molecule has 2 unspecified atom stereocenters. The average molecular weight is 381 g/mol. The standard InChI is InChI=1S/C18H19N7OS/c1-11-13-5-2-3-6-14(13)23-16(21-11)25-17-22-12(9-15(26)24-17)10-27-18-19-7-4-8-20-18/h2-8,12,17,22H,9-10H2,1H3,(H,24,26)(H,21,23,25). The Labute approximate surface area is 160 Å². The fourth-order valence-corrected chi connectivity index (χ4v) is 3.76. The highest BCUT2D eigenvalue weighted by Crippen LogP contribution is 2.18. The lowest BCUT2D eigenvalue weighted by molar-refractivity contribution is -0.123. The third-order valence-electron chi connectivity index (χ3n) is 4.16. The maximum Gasteiger partial charge on any atom is 0.226 e. The van der Waals surface area contributed by atoms with Gasteiger partial charge >= 0.3 is 0 Å². The Kier molecular flexibility index (Phi) is 5.12. The Balaban J connectivity index is 1.43. The van der Waals surface area contributed by atoms with Gasteiger partial charge in [0.25, 0.3) is 0 Å². The first-order chi connectivity index (χ1) is 13.2. The monoisotopic (exact) mass is 381 g/mol. The average Bonchev–Trinajstić information content (AvgIpc) is 2.67. The molecule has 27 heavy (non-hydrogen) atoms. The van der Waals surface area contributed by atoms with E-state index in [2.05, 4.69) is 35.9 Å². The van der Waals surface area contributed by atoms with E-state index in [9.17, 15) is 4.79 Å². The lowest BCUT2D eigenvalue weighted by atomic mass is 10.2. The minimum absolute atomic E-state index is 0.00777. The van der Waals surface area contributed by atoms with Gasteiger partial charge < -0.3 is 10.6 Å². The Morgan fingerprint density at radius 1 is 1.19 bits per heavy atom. The van der Waals surface area contributed by atoms with Crippen molar-refractivity contribution in [3.8, 4) is 0 Å². The number of para-hydroxylation sites is 1. The van der Waals surface area contributed by atoms with E-state index in [1.807, 2.05) is 31.2 Å². The molecule has 138 valence electrons. The smallest absolute Gasteiger partial charge is 0.226 e. The minimum Gasteiger partial charge on any atom is -0.323 e. The maximum absolute atomic E-state index is 12.1. The molecule has 0 aliphatic carbocycles. The first kappa shape index (κ1) is 17.6. The molecular weight excluding hydrogens is 362 g/mol. The largest absolute Gasteiger partial charge is 0.323 e. The van der Waals surface area contributed by atoms with Gasteiger partial charge in [0.2, 0.25) is 11.9 Å². The molecule has 1 saturated heterocycles. The first-order valence-corrected chi connectivity index (χ1v) is 9.61. The minimum atomic E-state index is -0.436. The molecule has 0 radical (unpaired) electrons. The summed E-state index contributed by atoms with van der Waals surface area (Å²) < 4.78 is 0. The summed E-state index contributed by atoms with van der Waals surface area (Å²) in [6.07, 6.45) is 3.38. The normalized spacial score (nSPS) is 19.7. The van der Waals surface area contributed by atoms with Crippen molar-refractivity contribution >= 4 is 34.5 Å². The van der Waals surface area contributed by atoms with Gasteiger partial charge in [-0.1, -0.05) is 30.0 Å². The molecule has 9 heteroatoms. The van der Waals surface area contributed by atoms with Crippen molar-refractivity contribution in [3.05, 3.63) is 48.4 Å². The van der Waals surface area contributed by atoms with Crippen LogP contribution in [-0.2, 0) is 4.79 Å². The van der Waals surface area contributed by atoms with Gasteiger partial charge in [-0.05, 0) is 19.1 Å². The summed E-state index contributed by atoms with van der Waals surface area (Å²) >= 11 is 1.52. The molecule has 2 atom stereocenters. The number of fused-ring (bicyclic) bond motifs is 1. The predicted molar refractivity (Wildman–Crippen MR) is 104 cm³/mol. The number of carbonyl (C=O) groups excluding carboxylic acids is 1. The predicted octanol–water partition coefficient (Wildman–Crippen LogP) is 1.69. The van der Waals surface area contributed by atoms with E-state index < -0.39 is 6.29 Å². The Bertz CT molecular complexity index is 953. The number of nitrogens with zero attached hydrogens (tertiary/aromatic N) is 4. The van der Waals surface area contributed by atoms with E-state index >= 15 is 0 Å². The topological polar surface area (TPSA) is 105 Å². The number of carbonyl (C=O) groups is 1. The van der Waals surface area contributed by atoms with Gasteiger partial charge in [-0.3, -0.25) is 10.1 Å². The molecular formula is C18H19N7OS. The summed E-state index contributed by atoms with van der Waals surface area (Å²) in [4.78, 5) is 29.5. The molecule has 4 rings (SSSR count). The van der Waals surface area contributed by atoms with Crippen LogP contribution in [0.5, 0.6) is 0 Å². The van der Waals surface area contributed by atoms with E-state index in [4.69, 9.17) is 0 Å². The number of nitrogens with one attached hydrogen (secondary N) is 3. The number of amides is 1. The molecule has 3 N–H and O–H groups in total. The maximum atomic E-state index is 12.1. The molecule has 1 aliphatic rings. The fraction of sp³-hybridized carbons (Fsp3) is 0.278. The van der Waals surface area contributed by atoms with Crippen molar-refractivity contribution in [1.29, 1.82) is 0 Å². The fourth-order valence-electron chi connectivity index (χ4n) is 2.93. The number of benzene rings is 1. The van der Waals surface area contributed by atoms with E-state index in [1.54, 1.807) is 18.5 Å². The van der Waals surface area contributed by atoms with Crippen LogP contribution in [0.15, 0.2) is 47.9 Å². The summed E-state index contributed by atoms with van der Waals surface area (Å²) in [6.45, 7) is 1.95. The molecule has 3 heterocycles. The van der Waals surface area contributed by atoms with E-state index in [-0.39, 0.29) is 11.9 Å². The SMILES string of the molecule is Cc1nc(NC2NC(=O)CC(CSc3ncccn3)N2)nc2ccccc12. The van der Waals surface area contributed by atoms with Gasteiger partial charge in [-0.15, -0.1) is 0 Å². The lowest BCUT2D eigenvalue weighted by Gasteiger charge is -2.31. The first-order valence-electron chi connectivity index (χ1n) is 8.62. The Hall–Kier alpha value is -2.78. The number of hydrogen-bond acceptors (Lipinski definition) is 8. The van der Waals surface area contributed by atoms with Gasteiger partial charge in [0.05, 0.1) is 11.2 Å². The van der Waals surface area contributed by atoms with Gasteiger partial charge in [0.1, 0.15) is 0 Å². The molecule has 1 fully saturated rings. The van der Waals surface area contributed by atoms with Crippen LogP contribution in [0, 0.1) is 6.92 Å². The molecule has 2 aromatic heterocycles. The van der Waals surface area contributed by atoms with E-state index in [0.29, 0.717) is 23.3 Å². The van der Waals surface area contributed by atoms with Crippen molar-refractivity contribution in [1.82, 2.24) is 30.6 Å². The quantitative estimate of drug-likeness (QED) is 0.453. The van der Waals surface area contributed by atoms with Crippen molar-refractivity contribution in [2.75, 3.05) is 11.1 Å². The summed E-state index contributed by atoms with van der Waals surface area (Å²) in [6, 6.07) is 9.62. The van der Waals surface area contributed by atoms with Gasteiger partial charge in [-0.2, -0.15) is 0 Å². The number of aromatic nitrogens is 4. The number of rotatable bonds is 5. The van der Waals surface area contributed by atoms with E-state index in [1.165, 1.54) is 11.8 Å². The van der Waals surface area contributed by atoms with Gasteiger partial charge in [0, 0.05) is 36.0 Å². The van der Waals surface area contributed by atoms with Crippen LogP contribution >= 0.6 is 11.8 Å². The van der Waals surface area contributed by atoms with Crippen LogP contribution in [0.4, 0.5) is 5.95 Å². The molecule has 3 aromatic rings. The summed E-state index contributed by atoms with van der Waals surface area (Å²) in [5, 5.41) is 11.1. The van der Waals surface area contributed by atoms with Crippen molar-refractivity contribution < 1.29 is 4.79 Å². The zero-order chi connectivity index (χ0) is 18.6. The second kappa shape index (κ2) is 7.85. The summed E-state index contributed by atoms with van der Waals surface area (Å²) in [5.41, 5.74) is 1.75. The van der Waals surface area contributed by atoms with Crippen molar-refractivity contribution in [2.24, 2.45) is 0 Å². The number of thioether (sulfide) groups is 1. The van der Waals surface area contributed by atoms with Crippen LogP contribution in [0.3, 0.4) is 0 Å². The van der Waals surface area contributed by atoms with E-state index in [0.717, 1.165) is 16.6 Å². The Morgan fingerprint density at radius 2 is 2.00 bits per heavy atom. The highest BCUT2D eigenvalue weighted by atomic mass is 32.2. The molecule has 0 saturated carbocycles. The zero-order valence-electron chi connectivity index (χ0n) is 14.7. The highest BCUT2D eigenvalue weighted by molar-refractivity contribution is 7.99. The third kappa shape index (κ3) is 4.32. The van der Waals surface area contributed by atoms with Crippen LogP contribution in [0.2, 0.25) is 0 Å².